The number of anilines is 2. The largest absolute Gasteiger partial charge is 0.473 e. The Morgan fingerprint density at radius 2 is 1.02 bits per heavy atom. The molecule has 0 radical (unpaired) electrons. The number of ether oxygens (including phenoxy) is 4. The molecule has 0 saturated carbocycles. The van der Waals surface area contributed by atoms with E-state index in [0.717, 1.165) is 35.2 Å². The van der Waals surface area contributed by atoms with E-state index in [0.29, 0.717) is 22.0 Å². The molecule has 0 bridgehead atoms. The zero-order valence-corrected chi connectivity index (χ0v) is 39.1. The van der Waals surface area contributed by atoms with E-state index in [2.05, 4.69) is 85.9 Å². The minimum Gasteiger partial charge on any atom is -0.473 e. The van der Waals surface area contributed by atoms with Gasteiger partial charge in [-0.2, -0.15) is 26.3 Å². The van der Waals surface area contributed by atoms with Gasteiger partial charge < -0.3 is 18.9 Å². The lowest BCUT2D eigenvalue weighted by Crippen LogP contribution is -2.31. The van der Waals surface area contributed by atoms with Gasteiger partial charge in [0.1, 0.15) is 39.0 Å². The van der Waals surface area contributed by atoms with E-state index in [1.54, 1.807) is 67.1 Å². The van der Waals surface area contributed by atoms with E-state index < -0.39 is 59.6 Å². The second-order valence-corrected chi connectivity index (χ2v) is 17.3. The van der Waals surface area contributed by atoms with Crippen LogP contribution in [0, 0.1) is 13.8 Å². The molecular formula is C40H46Br2N12O8S2. The number of aryl methyl sites for hydroxylation is 2. The summed E-state index contributed by atoms with van der Waals surface area (Å²) in [6.07, 6.45) is 6.08. The van der Waals surface area contributed by atoms with E-state index in [9.17, 15) is 16.8 Å². The normalized spacial score (nSPS) is 14.0. The Morgan fingerprint density at radius 1 is 0.578 bits per heavy atom. The summed E-state index contributed by atoms with van der Waals surface area (Å²) in [7, 11) is -8.64. The van der Waals surface area contributed by atoms with Crippen LogP contribution in [-0.4, -0.2) is 96.1 Å². The lowest BCUT2D eigenvalue weighted by atomic mass is 10.1. The number of hydrogen-bond acceptors (Lipinski definition) is 16. The van der Waals surface area contributed by atoms with Gasteiger partial charge in [0.15, 0.2) is 11.6 Å². The molecule has 4 N–H and O–H groups in total. The predicted molar refractivity (Wildman–Crippen MR) is 248 cm³/mol. The van der Waals surface area contributed by atoms with Crippen LogP contribution in [-0.2, 0) is 20.4 Å². The molecule has 0 spiro atoms. The van der Waals surface area contributed by atoms with Gasteiger partial charge in [-0.05, 0) is 73.2 Å². The maximum atomic E-state index is 12.7. The molecule has 0 aliphatic rings. The Morgan fingerprint density at radius 3 is 1.50 bits per heavy atom. The highest BCUT2D eigenvalue weighted by molar-refractivity contribution is 9.10. The average molecular weight is 1050 g/mol. The predicted octanol–water partition coefficient (Wildman–Crippen LogP) is 6.24. The molecule has 2 aromatic carbocycles. The van der Waals surface area contributed by atoms with E-state index in [1.165, 1.54) is 24.8 Å². The van der Waals surface area contributed by atoms with Gasteiger partial charge in [0.2, 0.25) is 11.8 Å². The van der Waals surface area contributed by atoms with Crippen molar-refractivity contribution in [1.82, 2.24) is 49.3 Å². The van der Waals surface area contributed by atoms with Crippen molar-refractivity contribution in [2.75, 3.05) is 48.8 Å². The average Bonchev–Trinajstić information content (AvgIpc) is 3.28. The lowest BCUT2D eigenvalue weighted by molar-refractivity contribution is 0.202. The van der Waals surface area contributed by atoms with Crippen LogP contribution in [0.4, 0.5) is 11.6 Å². The Bertz CT molecular complexity index is 3000. The minimum atomic E-state index is -4.73. The fourth-order valence-corrected chi connectivity index (χ4v) is 6.96. The van der Waals surface area contributed by atoms with Gasteiger partial charge in [-0.1, -0.05) is 70.0 Å². The van der Waals surface area contributed by atoms with Crippen molar-refractivity contribution in [3.05, 3.63) is 106 Å². The molecule has 0 aliphatic heterocycles. The van der Waals surface area contributed by atoms with Crippen molar-refractivity contribution >= 4 is 63.9 Å². The summed E-state index contributed by atoms with van der Waals surface area (Å²) < 4.78 is 145. The van der Waals surface area contributed by atoms with Crippen LogP contribution in [0.5, 0.6) is 23.8 Å². The SMILES string of the molecule is [2H]C([2H])(COc1ncc(C)cn1)Oc1ncnc(NS(=O)(=O)NC([2H])([2H])C([2H])([2H])C)c1-c1ccc(Br)cc1.[2H]C([2H])(COc1ncnc(NS(=O)(=O)NCCC)c1-c1ccc(Br)cc1)Oc1ncc(C)cn1. The molecule has 6 aromatic rings. The number of benzene rings is 2. The second kappa shape index (κ2) is 24.4. The Labute approximate surface area is 399 Å². The first-order chi connectivity index (χ1) is 33.6. The Hall–Kier alpha value is -5.66. The molecule has 0 atom stereocenters. The van der Waals surface area contributed by atoms with Crippen LogP contribution >= 0.6 is 31.9 Å². The van der Waals surface area contributed by atoms with Gasteiger partial charge in [0.05, 0.1) is 16.6 Å². The van der Waals surface area contributed by atoms with Crippen LogP contribution < -0.4 is 37.8 Å². The third kappa shape index (κ3) is 15.8. The number of hydrogen-bond donors (Lipinski definition) is 4. The van der Waals surface area contributed by atoms with Crippen molar-refractivity contribution in [2.45, 2.75) is 40.5 Å². The van der Waals surface area contributed by atoms with Crippen molar-refractivity contribution in [3.8, 4) is 46.0 Å². The van der Waals surface area contributed by atoms with Gasteiger partial charge in [-0.3, -0.25) is 9.44 Å². The number of nitrogens with zero attached hydrogens (tertiary/aromatic N) is 8. The fraction of sp³-hybridized carbons (Fsp3) is 0.300. The smallest absolute Gasteiger partial charge is 0.316 e. The van der Waals surface area contributed by atoms with Gasteiger partial charge in [0.25, 0.3) is 20.4 Å². The summed E-state index contributed by atoms with van der Waals surface area (Å²) in [4.78, 5) is 31.8. The molecule has 340 valence electrons. The van der Waals surface area contributed by atoms with Crippen molar-refractivity contribution in [1.29, 1.82) is 0 Å². The van der Waals surface area contributed by atoms with Gasteiger partial charge in [-0.25, -0.2) is 39.9 Å². The van der Waals surface area contributed by atoms with E-state index >= 15 is 0 Å². The summed E-state index contributed by atoms with van der Waals surface area (Å²) in [6, 6.07) is 13.1. The van der Waals surface area contributed by atoms with Crippen LogP contribution in [0.15, 0.2) is 94.9 Å². The highest BCUT2D eigenvalue weighted by Gasteiger charge is 2.21. The highest BCUT2D eigenvalue weighted by atomic mass is 79.9. The summed E-state index contributed by atoms with van der Waals surface area (Å²) in [5, 5.41) is 0. The summed E-state index contributed by atoms with van der Waals surface area (Å²) in [5.74, 6) is -0.801. The minimum absolute atomic E-state index is 0.0285. The van der Waals surface area contributed by atoms with Crippen molar-refractivity contribution in [3.63, 3.8) is 0 Å². The molecule has 4 aromatic heterocycles. The zero-order valence-electron chi connectivity index (χ0n) is 42.3. The molecule has 0 saturated heterocycles. The zero-order chi connectivity index (χ0) is 53.1. The molecule has 64 heavy (non-hydrogen) atoms. The third-order valence-corrected chi connectivity index (χ3v) is 10.5. The summed E-state index contributed by atoms with van der Waals surface area (Å²) >= 11 is 6.66. The molecule has 0 amide bonds. The molecule has 24 heteroatoms. The van der Waals surface area contributed by atoms with Gasteiger partial charge >= 0.3 is 12.0 Å². The molecule has 6 rings (SSSR count). The molecule has 20 nitrogen and oxygen atoms in total. The fourth-order valence-electron chi connectivity index (χ4n) is 4.78. The molecule has 0 aliphatic carbocycles. The first-order valence-electron chi connectivity index (χ1n) is 22.6. The summed E-state index contributed by atoms with van der Waals surface area (Å²) in [5.41, 5.74) is 2.63. The monoisotopic (exact) mass is 1050 g/mol. The van der Waals surface area contributed by atoms with Gasteiger partial charge in [-0.15, -0.1) is 0 Å². The van der Waals surface area contributed by atoms with Crippen LogP contribution in [0.3, 0.4) is 0 Å². The van der Waals surface area contributed by atoms with E-state index in [1.807, 2.05) is 6.92 Å². The quantitative estimate of drug-likeness (QED) is 0.0587. The number of halogens is 2. The second-order valence-electron chi connectivity index (χ2n) is 12.6. The summed E-state index contributed by atoms with van der Waals surface area (Å²) in [6.45, 7) is -2.46. The molecule has 0 unspecified atom stereocenters. The van der Waals surface area contributed by atoms with Crippen molar-refractivity contribution in [2.24, 2.45) is 0 Å². The van der Waals surface area contributed by atoms with Gasteiger partial charge in [0, 0.05) is 52.3 Å². The number of nitrogens with one attached hydrogen (secondary N) is 4. The lowest BCUT2D eigenvalue weighted by Gasteiger charge is -2.15. The molecule has 4 heterocycles. The Balaban J connectivity index is 0.000000269. The van der Waals surface area contributed by atoms with Crippen molar-refractivity contribution < 1.29 is 46.7 Å². The van der Waals surface area contributed by atoms with E-state index in [-0.39, 0.29) is 53.1 Å². The maximum absolute atomic E-state index is 12.7. The first-order valence-corrected chi connectivity index (χ1v) is 23.1. The molecule has 0 fully saturated rings. The molecular weight excluding hydrogens is 1000 g/mol. The van der Waals surface area contributed by atoms with Crippen LogP contribution in [0.1, 0.15) is 48.7 Å². The third-order valence-electron chi connectivity index (χ3n) is 7.58. The van der Waals surface area contributed by atoms with Crippen LogP contribution in [0.2, 0.25) is 0 Å². The highest BCUT2D eigenvalue weighted by Crippen LogP contribution is 2.36. The topological polar surface area (TPSA) is 256 Å². The maximum Gasteiger partial charge on any atom is 0.316 e. The van der Waals surface area contributed by atoms with Crippen LogP contribution in [0.25, 0.3) is 22.3 Å². The Kier molecular flexibility index (Phi) is 14.8. The standard InChI is InChI=1S/2C20H23BrN6O4S/c2*1-3-8-26-32(28,29)27-18-17(15-4-6-16(21)7-5-15)19(25-13-24-18)30-9-10-31-20-22-11-14(2)12-23-20/h2*4-7,11-13,26H,3,8-10H2,1-2H3,(H,24,25,27)/i3D2,8D2,9D2;10D2. The van der Waals surface area contributed by atoms with E-state index in [4.69, 9.17) is 29.9 Å². The number of aromatic nitrogens is 8. The first kappa shape index (κ1) is 38.8. The number of rotatable bonds is 22.